The summed E-state index contributed by atoms with van der Waals surface area (Å²) in [4.78, 5) is 39.3. The number of Topliss-reactive ketones (excluding diaryl/α,β-unsaturated/α-hetero) is 1. The average molecular weight is 1180 g/mol. The fourth-order valence-electron chi connectivity index (χ4n) is 13.0. The maximum absolute atomic E-state index is 15.0. The minimum Gasteiger partial charge on any atom is -0.459 e. The molecule has 0 spiro atoms. The number of likely N-dealkylation sites (N-methyl/N-ethyl adjacent to an activating group) is 1. The van der Waals surface area contributed by atoms with Crippen LogP contribution >= 0.6 is 0 Å². The van der Waals surface area contributed by atoms with Crippen molar-refractivity contribution >= 4 is 11.8 Å². The summed E-state index contributed by atoms with van der Waals surface area (Å²) in [6, 6.07) is 6.24. The van der Waals surface area contributed by atoms with E-state index < -0.39 is 132 Å². The van der Waals surface area contributed by atoms with Crippen molar-refractivity contribution in [2.75, 3.05) is 54.7 Å². The Hall–Kier alpha value is -3.45. The summed E-state index contributed by atoms with van der Waals surface area (Å²) in [5, 5.41) is 60.8. The van der Waals surface area contributed by atoms with Crippen molar-refractivity contribution in [1.82, 2.24) is 35.2 Å². The van der Waals surface area contributed by atoms with Crippen molar-refractivity contribution < 1.29 is 84.6 Å². The smallest absolute Gasteiger partial charge is 0.309 e. The van der Waals surface area contributed by atoms with Crippen LogP contribution in [0, 0.1) is 35.9 Å². The SMILES string of the molecule is CCCNC[C@]1(O)[C@H](C)O[C@@H](C2[C@@H](C)C(=O)O[C@H](CC)[C@@](C)(O)[C@H](O)[C@@H](C)C(=O)[C@H](C)C[C@@](C)(OC)[C@H](O[C@@H]3O[C@H](C)C[C@H](N(C)CCc4cn([C@H](CF)[C@H](OC)c5ccc(-c6cn[c-]nc6)cc5)nn4)[C@H]3O)[C@H]2C)C[C@@]1(C)OC.[Mn]. The summed E-state index contributed by atoms with van der Waals surface area (Å²) in [5.74, 6) is -5.34. The van der Waals surface area contributed by atoms with Crippen molar-refractivity contribution in [3.63, 3.8) is 0 Å². The van der Waals surface area contributed by atoms with E-state index in [0.717, 1.165) is 23.1 Å². The Morgan fingerprint density at radius 2 is 1.60 bits per heavy atom. The van der Waals surface area contributed by atoms with Crippen LogP contribution < -0.4 is 5.32 Å². The molecule has 3 fully saturated rings. The molecule has 0 amide bonds. The van der Waals surface area contributed by atoms with E-state index in [1.807, 2.05) is 70.8 Å². The van der Waals surface area contributed by atoms with E-state index in [2.05, 4.69) is 31.9 Å². The number of esters is 1. The fourth-order valence-corrected chi connectivity index (χ4v) is 13.0. The van der Waals surface area contributed by atoms with Gasteiger partial charge in [-0.3, -0.25) is 9.59 Å². The Morgan fingerprint density at radius 1 is 0.938 bits per heavy atom. The number of cyclic esters (lactones) is 1. The number of benzene rings is 1. The minimum atomic E-state index is -2.01. The number of nitrogens with one attached hydrogen (secondary N) is 1. The molecule has 2 aromatic heterocycles. The molecular weight excluding hydrogens is 1090 g/mol. The Kier molecular flexibility index (Phi) is 24.5. The van der Waals surface area contributed by atoms with Gasteiger partial charge in [0, 0.05) is 101 Å². The molecule has 0 aliphatic carbocycles. The summed E-state index contributed by atoms with van der Waals surface area (Å²) < 4.78 is 61.9. The van der Waals surface area contributed by atoms with Gasteiger partial charge in [-0.05, 0) is 90.9 Å². The summed E-state index contributed by atoms with van der Waals surface area (Å²) in [7, 11) is 6.49. The standard InChI is InChI=1S/C59H93FN7O13.Mn/c1-16-23-61-32-59(73)39(8)78-46(27-57(59,10)76-15)48-36(5)53(56(9,75-14)26-34(3)49(68)38(7)52(70)58(11,72)47(17-2)79-54(71)37(48)6)80-55-50(69)44(25-35(4)77-55)66(12)24-22-43-31-67(65-64-43)45(28-60)51(74-13)41-20-18-40(19-21-41)42-29-62-33-63-30-42;/h18-21,29-31,34-39,44-48,50-53,55,61,69-70,72-73H,16-17,22-28,32H2,1-15H3;/q-1;/t34-,35-,36+,37-,38+,39+,44+,45-,46-,47-,48?,50-,51-,52-,53-,55+,56-,57-,58-,59+;/m1./s1. The number of ketones is 1. The predicted octanol–water partition coefficient (Wildman–Crippen LogP) is 5.44. The van der Waals surface area contributed by atoms with E-state index in [9.17, 15) is 34.4 Å². The largest absolute Gasteiger partial charge is 0.459 e. The number of rotatable bonds is 20. The molecule has 0 bridgehead atoms. The van der Waals surface area contributed by atoms with Gasteiger partial charge in [0.05, 0.1) is 53.3 Å². The molecule has 1 radical (unpaired) electrons. The first-order valence-corrected chi connectivity index (χ1v) is 28.6. The van der Waals surface area contributed by atoms with Crippen LogP contribution in [0.15, 0.2) is 42.9 Å². The third-order valence-corrected chi connectivity index (χ3v) is 18.3. The van der Waals surface area contributed by atoms with Gasteiger partial charge in [0.25, 0.3) is 0 Å². The topological polar surface area (TPSA) is 251 Å². The molecule has 20 atom stereocenters. The minimum absolute atomic E-state index is 0. The van der Waals surface area contributed by atoms with Crippen LogP contribution in [0.25, 0.3) is 11.1 Å². The zero-order valence-corrected chi connectivity index (χ0v) is 51.4. The molecule has 3 aliphatic heterocycles. The number of aliphatic hydroxyl groups is 4. The maximum Gasteiger partial charge on any atom is 0.309 e. The van der Waals surface area contributed by atoms with Crippen LogP contribution in [0.3, 0.4) is 0 Å². The zero-order valence-electron chi connectivity index (χ0n) is 50.3. The fraction of sp³-hybridized carbons (Fsp3) is 0.763. The van der Waals surface area contributed by atoms with Crippen LogP contribution in [0.1, 0.15) is 132 Å². The third kappa shape index (κ3) is 14.8. The first-order chi connectivity index (χ1) is 37.8. The predicted molar refractivity (Wildman–Crippen MR) is 296 cm³/mol. The van der Waals surface area contributed by atoms with Crippen LogP contribution in [0.4, 0.5) is 4.39 Å². The second kappa shape index (κ2) is 29.1. The quantitative estimate of drug-likeness (QED) is 0.0409. The van der Waals surface area contributed by atoms with Crippen LogP contribution in [0.5, 0.6) is 0 Å². The van der Waals surface area contributed by atoms with Gasteiger partial charge in [-0.1, -0.05) is 89.0 Å². The molecule has 20 nitrogen and oxygen atoms in total. The van der Waals surface area contributed by atoms with E-state index in [1.165, 1.54) is 25.8 Å². The second-order valence-corrected chi connectivity index (χ2v) is 23.8. The number of halogens is 1. The molecule has 3 saturated heterocycles. The van der Waals surface area contributed by atoms with Gasteiger partial charge in [-0.25, -0.2) is 9.07 Å². The second-order valence-electron chi connectivity index (χ2n) is 23.8. The first-order valence-electron chi connectivity index (χ1n) is 28.6. The number of nitrogens with zero attached hydrogens (tertiary/aromatic N) is 6. The monoisotopic (exact) mass is 1180 g/mol. The van der Waals surface area contributed by atoms with Gasteiger partial charge < -0.3 is 73.8 Å². The summed E-state index contributed by atoms with van der Waals surface area (Å²) in [5.41, 5.74) is -3.00. The van der Waals surface area contributed by atoms with Crippen molar-refractivity contribution in [2.45, 2.75) is 204 Å². The summed E-state index contributed by atoms with van der Waals surface area (Å²) in [6.07, 6.45) is 0.533. The normalized spacial score (nSPS) is 37.2. The summed E-state index contributed by atoms with van der Waals surface area (Å²) >= 11 is 0. The Balaban J connectivity index is 0.0000120. The number of aliphatic hydroxyl groups excluding tert-OH is 2. The van der Waals surface area contributed by atoms with Crippen LogP contribution in [0.2, 0.25) is 0 Å². The van der Waals surface area contributed by atoms with Gasteiger partial charge in [0.2, 0.25) is 0 Å². The van der Waals surface area contributed by atoms with Gasteiger partial charge in [0.15, 0.2) is 6.29 Å². The van der Waals surface area contributed by atoms with Crippen molar-refractivity contribution in [3.05, 3.63) is 60.4 Å². The molecule has 1 unspecified atom stereocenters. The number of carbonyl (C=O) groups is 2. The van der Waals surface area contributed by atoms with Crippen LogP contribution in [-0.4, -0.2) is 194 Å². The van der Waals surface area contributed by atoms with Gasteiger partial charge in [-0.2, -0.15) is 0 Å². The average Bonchev–Trinajstić information content (AvgIpc) is 4.11. The molecule has 81 heavy (non-hydrogen) atoms. The molecule has 1 aromatic carbocycles. The number of methoxy groups -OCH3 is 3. The number of alkyl halides is 1. The summed E-state index contributed by atoms with van der Waals surface area (Å²) in [6.45, 7) is 19.9. The zero-order chi connectivity index (χ0) is 59.1. The molecule has 6 rings (SSSR count). The third-order valence-electron chi connectivity index (χ3n) is 18.3. The van der Waals surface area contributed by atoms with Crippen molar-refractivity contribution in [2.24, 2.45) is 29.6 Å². The van der Waals surface area contributed by atoms with Crippen molar-refractivity contribution in [1.29, 1.82) is 0 Å². The van der Waals surface area contributed by atoms with E-state index in [1.54, 1.807) is 60.3 Å². The van der Waals surface area contributed by atoms with E-state index >= 15 is 0 Å². The van der Waals surface area contributed by atoms with E-state index in [4.69, 9.17) is 33.2 Å². The molecule has 22 heteroatoms. The van der Waals surface area contributed by atoms with Crippen LogP contribution in [-0.2, 0) is 66.2 Å². The van der Waals surface area contributed by atoms with Gasteiger partial charge >= 0.3 is 5.97 Å². The van der Waals surface area contributed by atoms with E-state index in [-0.39, 0.29) is 48.7 Å². The Bertz CT molecular complexity index is 2430. The number of hydrogen-bond acceptors (Lipinski definition) is 19. The molecular formula is C59H93FMnN7O13-. The number of carbonyl (C=O) groups excluding carboxylic acids is 2. The Labute approximate surface area is 489 Å². The molecule has 0 saturated carbocycles. The maximum atomic E-state index is 15.0. The van der Waals surface area contributed by atoms with Gasteiger partial charge in [-0.15, -0.1) is 5.10 Å². The number of hydrogen-bond donors (Lipinski definition) is 5. The number of aromatic nitrogens is 5. The number of ether oxygens (including phenoxy) is 7. The van der Waals surface area contributed by atoms with E-state index in [0.29, 0.717) is 31.6 Å². The van der Waals surface area contributed by atoms with Crippen molar-refractivity contribution in [3.8, 4) is 11.1 Å². The molecule has 457 valence electrons. The molecule has 3 aromatic rings. The molecule has 3 aliphatic rings. The van der Waals surface area contributed by atoms with Gasteiger partial charge in [0.1, 0.15) is 48.0 Å². The molecule has 5 heterocycles. The Morgan fingerprint density at radius 3 is 2.20 bits per heavy atom. The first kappa shape index (κ1) is 68.3. The molecule has 5 N–H and O–H groups in total.